The smallest absolute Gasteiger partial charge is 0.123 e. The Labute approximate surface area is 85.8 Å². The molecule has 2 N–H and O–H groups in total. The molecule has 0 amide bonds. The van der Waals surface area contributed by atoms with Gasteiger partial charge in [-0.3, -0.25) is 4.21 Å². The summed E-state index contributed by atoms with van der Waals surface area (Å²) in [4.78, 5) is 0.659. The second kappa shape index (κ2) is 5.22. The second-order valence-corrected chi connectivity index (χ2v) is 4.80. The maximum atomic E-state index is 12.6. The minimum atomic E-state index is -1.07. The molecule has 1 aromatic carbocycles. The Morgan fingerprint density at radius 1 is 1.43 bits per heavy atom. The summed E-state index contributed by atoms with van der Waals surface area (Å²) in [7, 11) is -1.07. The molecule has 14 heavy (non-hydrogen) atoms. The predicted octanol–water partition coefficient (Wildman–Crippen LogP) is 1.53. The standard InChI is InChI=1S/C10H14FNOS/c1-8(6-12)7-14(13)10-4-2-9(11)3-5-10/h2-5,8H,6-7,12H2,1H3. The van der Waals surface area contributed by atoms with Crippen LogP contribution in [-0.2, 0) is 10.8 Å². The van der Waals surface area contributed by atoms with Gasteiger partial charge in [-0.2, -0.15) is 0 Å². The number of hydrogen-bond acceptors (Lipinski definition) is 2. The van der Waals surface area contributed by atoms with Crippen LogP contribution >= 0.6 is 0 Å². The van der Waals surface area contributed by atoms with Crippen molar-refractivity contribution in [2.24, 2.45) is 11.7 Å². The first kappa shape index (κ1) is 11.3. The Hall–Kier alpha value is -0.740. The number of benzene rings is 1. The number of nitrogens with two attached hydrogens (primary N) is 1. The van der Waals surface area contributed by atoms with E-state index in [-0.39, 0.29) is 11.7 Å². The van der Waals surface area contributed by atoms with Gasteiger partial charge in [-0.15, -0.1) is 0 Å². The average molecular weight is 215 g/mol. The number of rotatable bonds is 4. The topological polar surface area (TPSA) is 43.1 Å². The van der Waals surface area contributed by atoms with E-state index in [1.165, 1.54) is 12.1 Å². The number of hydrogen-bond donors (Lipinski definition) is 1. The van der Waals surface area contributed by atoms with Crippen LogP contribution in [0.25, 0.3) is 0 Å². The van der Waals surface area contributed by atoms with Crippen molar-refractivity contribution in [3.8, 4) is 0 Å². The highest BCUT2D eigenvalue weighted by Gasteiger charge is 2.08. The molecule has 0 fully saturated rings. The fourth-order valence-corrected chi connectivity index (χ4v) is 2.29. The zero-order chi connectivity index (χ0) is 10.6. The maximum absolute atomic E-state index is 12.6. The molecule has 2 unspecified atom stereocenters. The zero-order valence-corrected chi connectivity index (χ0v) is 8.89. The minimum Gasteiger partial charge on any atom is -0.330 e. The van der Waals surface area contributed by atoms with Crippen LogP contribution in [0.3, 0.4) is 0 Å². The van der Waals surface area contributed by atoms with E-state index >= 15 is 0 Å². The largest absolute Gasteiger partial charge is 0.330 e. The quantitative estimate of drug-likeness (QED) is 0.827. The van der Waals surface area contributed by atoms with Crippen LogP contribution in [0, 0.1) is 11.7 Å². The molecule has 0 spiro atoms. The third-order valence-corrected chi connectivity index (χ3v) is 3.58. The molecule has 0 aliphatic carbocycles. The fourth-order valence-electron chi connectivity index (χ4n) is 1.01. The van der Waals surface area contributed by atoms with Gasteiger partial charge in [0.2, 0.25) is 0 Å². The van der Waals surface area contributed by atoms with E-state index in [0.29, 0.717) is 17.2 Å². The Balaban J connectivity index is 2.65. The highest BCUT2D eigenvalue weighted by atomic mass is 32.2. The van der Waals surface area contributed by atoms with Crippen molar-refractivity contribution in [2.75, 3.05) is 12.3 Å². The molecule has 0 bridgehead atoms. The van der Waals surface area contributed by atoms with E-state index in [4.69, 9.17) is 5.73 Å². The molecule has 0 radical (unpaired) electrons. The molecule has 0 aliphatic rings. The van der Waals surface area contributed by atoms with Crippen LogP contribution in [0.4, 0.5) is 4.39 Å². The van der Waals surface area contributed by atoms with Crippen molar-refractivity contribution >= 4 is 10.8 Å². The van der Waals surface area contributed by atoms with Gasteiger partial charge in [0.1, 0.15) is 5.82 Å². The first-order chi connectivity index (χ1) is 6.63. The molecule has 1 aromatic rings. The van der Waals surface area contributed by atoms with Crippen LogP contribution in [-0.4, -0.2) is 16.5 Å². The predicted molar refractivity (Wildman–Crippen MR) is 55.9 cm³/mol. The maximum Gasteiger partial charge on any atom is 0.123 e. The van der Waals surface area contributed by atoms with E-state index in [0.717, 1.165) is 0 Å². The van der Waals surface area contributed by atoms with Gasteiger partial charge in [0.05, 0.1) is 10.8 Å². The summed E-state index contributed by atoms with van der Waals surface area (Å²) in [6.07, 6.45) is 0. The molecule has 0 heterocycles. The van der Waals surface area contributed by atoms with E-state index < -0.39 is 10.8 Å². The molecule has 0 aromatic heterocycles. The lowest BCUT2D eigenvalue weighted by Crippen LogP contribution is -2.17. The molecule has 1 rings (SSSR count). The van der Waals surface area contributed by atoms with E-state index in [2.05, 4.69) is 0 Å². The average Bonchev–Trinajstić information content (AvgIpc) is 2.18. The highest BCUT2D eigenvalue weighted by molar-refractivity contribution is 7.85. The molecule has 2 nitrogen and oxygen atoms in total. The molecule has 78 valence electrons. The summed E-state index contributed by atoms with van der Waals surface area (Å²) in [5, 5.41) is 0. The van der Waals surface area contributed by atoms with Crippen molar-refractivity contribution in [3.63, 3.8) is 0 Å². The van der Waals surface area contributed by atoms with Crippen molar-refractivity contribution in [1.29, 1.82) is 0 Å². The normalized spacial score (nSPS) is 15.1. The van der Waals surface area contributed by atoms with Crippen molar-refractivity contribution < 1.29 is 8.60 Å². The van der Waals surface area contributed by atoms with E-state index in [1.807, 2.05) is 6.92 Å². The molecular weight excluding hydrogens is 201 g/mol. The molecule has 4 heteroatoms. The first-order valence-electron chi connectivity index (χ1n) is 4.47. The SMILES string of the molecule is CC(CN)CS(=O)c1ccc(F)cc1. The van der Waals surface area contributed by atoms with E-state index in [9.17, 15) is 8.60 Å². The third-order valence-electron chi connectivity index (χ3n) is 1.91. The van der Waals surface area contributed by atoms with Gasteiger partial charge >= 0.3 is 0 Å². The van der Waals surface area contributed by atoms with Gasteiger partial charge in [0, 0.05) is 10.6 Å². The van der Waals surface area contributed by atoms with Crippen LogP contribution in [0.2, 0.25) is 0 Å². The van der Waals surface area contributed by atoms with Crippen LogP contribution in [0.1, 0.15) is 6.92 Å². The molecule has 0 saturated heterocycles. The Kier molecular flexibility index (Phi) is 4.22. The van der Waals surface area contributed by atoms with Crippen molar-refractivity contribution in [1.82, 2.24) is 0 Å². The summed E-state index contributed by atoms with van der Waals surface area (Å²) < 4.78 is 24.2. The molecule has 0 saturated carbocycles. The summed E-state index contributed by atoms with van der Waals surface area (Å²) in [5.41, 5.74) is 5.43. The van der Waals surface area contributed by atoms with Gasteiger partial charge in [-0.25, -0.2) is 4.39 Å². The summed E-state index contributed by atoms with van der Waals surface area (Å²) in [5.74, 6) is 0.445. The van der Waals surface area contributed by atoms with Gasteiger partial charge < -0.3 is 5.73 Å². The first-order valence-corrected chi connectivity index (χ1v) is 5.79. The van der Waals surface area contributed by atoms with Gasteiger partial charge in [-0.1, -0.05) is 6.92 Å². The molecular formula is C10H14FNOS. The lowest BCUT2D eigenvalue weighted by Gasteiger charge is -2.07. The monoisotopic (exact) mass is 215 g/mol. The van der Waals surface area contributed by atoms with Gasteiger partial charge in [0.15, 0.2) is 0 Å². The van der Waals surface area contributed by atoms with Crippen LogP contribution < -0.4 is 5.73 Å². The Morgan fingerprint density at radius 2 is 2.00 bits per heavy atom. The van der Waals surface area contributed by atoms with Crippen LogP contribution in [0.15, 0.2) is 29.2 Å². The fraction of sp³-hybridized carbons (Fsp3) is 0.400. The lowest BCUT2D eigenvalue weighted by molar-refractivity contribution is 0.625. The van der Waals surface area contributed by atoms with E-state index in [1.54, 1.807) is 12.1 Å². The highest BCUT2D eigenvalue weighted by Crippen LogP contribution is 2.10. The van der Waals surface area contributed by atoms with Crippen molar-refractivity contribution in [2.45, 2.75) is 11.8 Å². The Morgan fingerprint density at radius 3 is 2.50 bits per heavy atom. The molecule has 0 aliphatic heterocycles. The zero-order valence-electron chi connectivity index (χ0n) is 8.07. The third kappa shape index (κ3) is 3.20. The van der Waals surface area contributed by atoms with Crippen LogP contribution in [0.5, 0.6) is 0 Å². The summed E-state index contributed by atoms with van der Waals surface area (Å²) >= 11 is 0. The minimum absolute atomic E-state index is 0.223. The Bertz CT molecular complexity index is 312. The number of halogens is 1. The summed E-state index contributed by atoms with van der Waals surface area (Å²) in [6.45, 7) is 2.47. The van der Waals surface area contributed by atoms with Crippen molar-refractivity contribution in [3.05, 3.63) is 30.1 Å². The van der Waals surface area contributed by atoms with Gasteiger partial charge in [0.25, 0.3) is 0 Å². The molecule has 2 atom stereocenters. The summed E-state index contributed by atoms with van der Waals surface area (Å²) in [6, 6.07) is 5.74. The van der Waals surface area contributed by atoms with Gasteiger partial charge in [-0.05, 0) is 36.7 Å². The second-order valence-electron chi connectivity index (χ2n) is 3.31. The lowest BCUT2D eigenvalue weighted by atomic mass is 10.2.